The molecule has 2 rings (SSSR count). The van der Waals surface area contributed by atoms with Crippen molar-refractivity contribution in [3.63, 3.8) is 0 Å². The molecule has 0 fully saturated rings. The van der Waals surface area contributed by atoms with Crippen molar-refractivity contribution in [1.82, 2.24) is 0 Å². The van der Waals surface area contributed by atoms with E-state index in [4.69, 9.17) is 21.5 Å². The molecule has 0 heterocycles. The van der Waals surface area contributed by atoms with Gasteiger partial charge in [0.05, 0.1) is 5.02 Å². The van der Waals surface area contributed by atoms with Gasteiger partial charge in [-0.05, 0) is 23.8 Å². The predicted molar refractivity (Wildman–Crippen MR) is 83.1 cm³/mol. The molecule has 22 heavy (non-hydrogen) atoms. The lowest BCUT2D eigenvalue weighted by molar-refractivity contribution is 0.155. The number of hydrogen-bond acceptors (Lipinski definition) is 4. The predicted octanol–water partition coefficient (Wildman–Crippen LogP) is 2.74. The molecule has 0 aliphatic carbocycles. The molecule has 0 unspecified atom stereocenters. The topological polar surface area (TPSA) is 98.5 Å². The minimum Gasteiger partial charge on any atom is -0.444 e. The zero-order valence-electron chi connectivity index (χ0n) is 11.3. The number of nitrogens with one attached hydrogen (secondary N) is 1. The minimum absolute atomic E-state index is 0.0225. The van der Waals surface area contributed by atoms with Gasteiger partial charge in [-0.1, -0.05) is 41.9 Å². The zero-order valence-corrected chi connectivity index (χ0v) is 12.9. The van der Waals surface area contributed by atoms with Crippen molar-refractivity contribution in [3.05, 3.63) is 59.1 Å². The van der Waals surface area contributed by atoms with Gasteiger partial charge >= 0.3 is 6.09 Å². The lowest BCUT2D eigenvalue weighted by atomic mass is 10.2. The first-order valence-corrected chi connectivity index (χ1v) is 8.09. The average molecular weight is 341 g/mol. The Hall–Kier alpha value is -2.09. The summed E-state index contributed by atoms with van der Waals surface area (Å²) in [5.74, 6) is 0. The van der Waals surface area contributed by atoms with Crippen LogP contribution in [0.1, 0.15) is 5.56 Å². The van der Waals surface area contributed by atoms with Crippen LogP contribution in [0.3, 0.4) is 0 Å². The van der Waals surface area contributed by atoms with E-state index in [2.05, 4.69) is 5.32 Å². The maximum absolute atomic E-state index is 11.7. The number of carbonyl (C=O) groups excluding carboxylic acids is 1. The number of anilines is 1. The van der Waals surface area contributed by atoms with Crippen molar-refractivity contribution < 1.29 is 17.9 Å². The quantitative estimate of drug-likeness (QED) is 0.893. The molecule has 8 heteroatoms. The standard InChI is InChI=1S/C14H13ClN2O4S/c15-12-7-6-11(8-13(12)22(16,19)20)17-14(18)21-9-10-4-2-1-3-5-10/h1-8H,9H2,(H,17,18)(H2,16,19,20). The number of amides is 1. The average Bonchev–Trinajstić information content (AvgIpc) is 2.47. The third-order valence-electron chi connectivity index (χ3n) is 2.70. The summed E-state index contributed by atoms with van der Waals surface area (Å²) in [6.07, 6.45) is -0.716. The van der Waals surface area contributed by atoms with Crippen molar-refractivity contribution in [3.8, 4) is 0 Å². The smallest absolute Gasteiger partial charge is 0.411 e. The molecular weight excluding hydrogens is 328 g/mol. The highest BCUT2D eigenvalue weighted by Crippen LogP contribution is 2.24. The number of sulfonamides is 1. The highest BCUT2D eigenvalue weighted by atomic mass is 35.5. The number of hydrogen-bond donors (Lipinski definition) is 2. The van der Waals surface area contributed by atoms with E-state index in [9.17, 15) is 13.2 Å². The van der Waals surface area contributed by atoms with Gasteiger partial charge in [-0.25, -0.2) is 18.4 Å². The van der Waals surface area contributed by atoms with Gasteiger partial charge in [-0.3, -0.25) is 5.32 Å². The van der Waals surface area contributed by atoms with Crippen LogP contribution in [0.4, 0.5) is 10.5 Å². The van der Waals surface area contributed by atoms with E-state index in [0.29, 0.717) is 0 Å². The third-order valence-corrected chi connectivity index (χ3v) is 4.09. The molecule has 0 aliphatic rings. The maximum atomic E-state index is 11.7. The fraction of sp³-hybridized carbons (Fsp3) is 0.0714. The van der Waals surface area contributed by atoms with E-state index >= 15 is 0 Å². The number of rotatable bonds is 4. The highest BCUT2D eigenvalue weighted by molar-refractivity contribution is 7.89. The molecule has 0 radical (unpaired) electrons. The van der Waals surface area contributed by atoms with Gasteiger partial charge < -0.3 is 4.74 Å². The van der Waals surface area contributed by atoms with E-state index in [-0.39, 0.29) is 22.2 Å². The molecule has 0 aromatic heterocycles. The Bertz CT molecular complexity index is 779. The fourth-order valence-electron chi connectivity index (χ4n) is 1.68. The van der Waals surface area contributed by atoms with Crippen LogP contribution in [-0.2, 0) is 21.4 Å². The molecule has 0 saturated carbocycles. The summed E-state index contributed by atoms with van der Waals surface area (Å²) < 4.78 is 27.7. The number of halogens is 1. The molecular formula is C14H13ClN2O4S. The van der Waals surface area contributed by atoms with E-state index in [1.807, 2.05) is 30.3 Å². The van der Waals surface area contributed by atoms with Crippen molar-refractivity contribution in [2.24, 2.45) is 5.14 Å². The largest absolute Gasteiger partial charge is 0.444 e. The van der Waals surface area contributed by atoms with Crippen LogP contribution < -0.4 is 10.5 Å². The van der Waals surface area contributed by atoms with Crippen LogP contribution in [-0.4, -0.2) is 14.5 Å². The summed E-state index contributed by atoms with van der Waals surface area (Å²) in [6, 6.07) is 13.1. The first-order valence-electron chi connectivity index (χ1n) is 6.16. The number of primary sulfonamides is 1. The van der Waals surface area contributed by atoms with Crippen molar-refractivity contribution in [1.29, 1.82) is 0 Å². The Morgan fingerprint density at radius 1 is 1.18 bits per heavy atom. The van der Waals surface area contributed by atoms with Gasteiger partial charge in [0.2, 0.25) is 10.0 Å². The number of nitrogens with two attached hydrogens (primary N) is 1. The van der Waals surface area contributed by atoms with Crippen molar-refractivity contribution >= 4 is 33.4 Å². The van der Waals surface area contributed by atoms with Gasteiger partial charge in [-0.2, -0.15) is 0 Å². The molecule has 2 aromatic rings. The first kappa shape index (κ1) is 16.3. The second-order valence-corrected chi connectivity index (χ2v) is 6.31. The Morgan fingerprint density at radius 2 is 1.86 bits per heavy atom. The number of ether oxygens (including phenoxy) is 1. The number of benzene rings is 2. The van der Waals surface area contributed by atoms with Crippen LogP contribution in [0.5, 0.6) is 0 Å². The minimum atomic E-state index is -3.97. The molecule has 0 spiro atoms. The Balaban J connectivity index is 2.03. The lowest BCUT2D eigenvalue weighted by Gasteiger charge is -2.09. The third kappa shape index (κ3) is 4.45. The van der Waals surface area contributed by atoms with Gasteiger partial charge in [0, 0.05) is 5.69 Å². The molecule has 0 bridgehead atoms. The van der Waals surface area contributed by atoms with Crippen LogP contribution in [0, 0.1) is 0 Å². The summed E-state index contributed by atoms with van der Waals surface area (Å²) in [6.45, 7) is 0.0995. The Labute approximate surface area is 132 Å². The first-order chi connectivity index (χ1) is 10.4. The summed E-state index contributed by atoms with van der Waals surface area (Å²) in [5.41, 5.74) is 1.05. The summed E-state index contributed by atoms with van der Waals surface area (Å²) in [5, 5.41) is 7.43. The SMILES string of the molecule is NS(=O)(=O)c1cc(NC(=O)OCc2ccccc2)ccc1Cl. The van der Waals surface area contributed by atoms with Crippen LogP contribution in [0.25, 0.3) is 0 Å². The molecule has 0 atom stereocenters. The van der Waals surface area contributed by atoms with Crippen LogP contribution in [0.2, 0.25) is 5.02 Å². The van der Waals surface area contributed by atoms with Crippen LogP contribution in [0.15, 0.2) is 53.4 Å². The van der Waals surface area contributed by atoms with Gasteiger partial charge in [0.25, 0.3) is 0 Å². The van der Waals surface area contributed by atoms with Crippen LogP contribution >= 0.6 is 11.6 Å². The molecule has 6 nitrogen and oxygen atoms in total. The fourth-order valence-corrected chi connectivity index (χ4v) is 2.75. The molecule has 1 amide bonds. The van der Waals surface area contributed by atoms with E-state index in [0.717, 1.165) is 5.56 Å². The van der Waals surface area contributed by atoms with Crippen molar-refractivity contribution in [2.75, 3.05) is 5.32 Å². The molecule has 116 valence electrons. The van der Waals surface area contributed by atoms with Gasteiger partial charge in [0.15, 0.2) is 0 Å². The van der Waals surface area contributed by atoms with Gasteiger partial charge in [0.1, 0.15) is 11.5 Å². The second kappa shape index (κ2) is 6.78. The Kier molecular flexibility index (Phi) is 5.02. The Morgan fingerprint density at radius 3 is 2.50 bits per heavy atom. The summed E-state index contributed by atoms with van der Waals surface area (Å²) in [7, 11) is -3.97. The maximum Gasteiger partial charge on any atom is 0.411 e. The van der Waals surface area contributed by atoms with Gasteiger partial charge in [-0.15, -0.1) is 0 Å². The molecule has 2 aromatic carbocycles. The van der Waals surface area contributed by atoms with E-state index in [1.165, 1.54) is 18.2 Å². The number of carbonyl (C=O) groups is 1. The molecule has 0 saturated heterocycles. The molecule has 0 aliphatic heterocycles. The molecule has 3 N–H and O–H groups in total. The lowest BCUT2D eigenvalue weighted by Crippen LogP contribution is -2.16. The van der Waals surface area contributed by atoms with E-state index < -0.39 is 16.1 Å². The summed E-state index contributed by atoms with van der Waals surface area (Å²) in [4.78, 5) is 11.4. The normalized spacial score (nSPS) is 11.0. The zero-order chi connectivity index (χ0) is 16.2. The van der Waals surface area contributed by atoms with E-state index in [1.54, 1.807) is 0 Å². The summed E-state index contributed by atoms with van der Waals surface area (Å²) >= 11 is 5.76. The highest BCUT2D eigenvalue weighted by Gasteiger charge is 2.14. The van der Waals surface area contributed by atoms with Crippen molar-refractivity contribution in [2.45, 2.75) is 11.5 Å². The second-order valence-electron chi connectivity index (χ2n) is 4.38. The monoisotopic (exact) mass is 340 g/mol.